The van der Waals surface area contributed by atoms with Crippen LogP contribution in [0.25, 0.3) is 11.4 Å². The van der Waals surface area contributed by atoms with Gasteiger partial charge in [0, 0.05) is 25.2 Å². The smallest absolute Gasteiger partial charge is 0.233 e. The van der Waals surface area contributed by atoms with Gasteiger partial charge in [0.25, 0.3) is 0 Å². The zero-order valence-corrected chi connectivity index (χ0v) is 19.9. The lowest BCUT2D eigenvalue weighted by Gasteiger charge is -2.28. The third-order valence-corrected chi connectivity index (χ3v) is 6.80. The van der Waals surface area contributed by atoms with Gasteiger partial charge < -0.3 is 4.90 Å². The van der Waals surface area contributed by atoms with E-state index in [1.165, 1.54) is 28.5 Å². The van der Waals surface area contributed by atoms with E-state index in [9.17, 15) is 4.79 Å². The van der Waals surface area contributed by atoms with Crippen LogP contribution in [0.15, 0.2) is 66.3 Å². The molecule has 0 radical (unpaired) electrons. The molecule has 0 fully saturated rings. The topological polar surface area (TPSA) is 51.0 Å². The summed E-state index contributed by atoms with van der Waals surface area (Å²) in [5.74, 6) is 1.28. The lowest BCUT2D eigenvalue weighted by Crippen LogP contribution is -2.37. The van der Waals surface area contributed by atoms with Crippen LogP contribution in [0.4, 0.5) is 0 Å². The van der Waals surface area contributed by atoms with Crippen molar-refractivity contribution in [1.29, 1.82) is 0 Å². The van der Waals surface area contributed by atoms with Crippen molar-refractivity contribution in [3.63, 3.8) is 0 Å². The van der Waals surface area contributed by atoms with E-state index < -0.39 is 0 Å². The van der Waals surface area contributed by atoms with Crippen molar-refractivity contribution in [2.24, 2.45) is 0 Å². The van der Waals surface area contributed by atoms with Crippen LogP contribution < -0.4 is 0 Å². The van der Waals surface area contributed by atoms with Gasteiger partial charge in [-0.1, -0.05) is 87.1 Å². The van der Waals surface area contributed by atoms with Gasteiger partial charge in [0.05, 0.1) is 5.75 Å². The van der Waals surface area contributed by atoms with E-state index in [0.717, 1.165) is 29.5 Å². The second kappa shape index (κ2) is 9.33. The molecule has 5 nitrogen and oxygen atoms in total. The summed E-state index contributed by atoms with van der Waals surface area (Å²) in [7, 11) is 0. The highest BCUT2D eigenvalue weighted by Crippen LogP contribution is 2.28. The summed E-state index contributed by atoms with van der Waals surface area (Å²) in [6.45, 7) is 12.5. The molecule has 1 aliphatic rings. The molecule has 0 N–H and O–H groups in total. The van der Waals surface area contributed by atoms with Crippen molar-refractivity contribution in [1.82, 2.24) is 19.7 Å². The van der Waals surface area contributed by atoms with Crippen LogP contribution in [0.5, 0.6) is 0 Å². The Labute approximate surface area is 194 Å². The molecule has 0 saturated heterocycles. The number of hydrogen-bond donors (Lipinski definition) is 0. The third kappa shape index (κ3) is 4.80. The maximum absolute atomic E-state index is 12.9. The number of allylic oxidation sites excluding steroid dienone is 1. The minimum absolute atomic E-state index is 0.101. The number of carbonyl (C=O) groups excluding carboxylic acids is 1. The molecule has 1 amide bonds. The van der Waals surface area contributed by atoms with Gasteiger partial charge in [-0.3, -0.25) is 9.36 Å². The molecule has 6 heteroatoms. The summed E-state index contributed by atoms with van der Waals surface area (Å²) in [5, 5.41) is 9.57. The van der Waals surface area contributed by atoms with E-state index in [2.05, 4.69) is 80.0 Å². The number of thioether (sulfide) groups is 1. The lowest BCUT2D eigenvalue weighted by molar-refractivity contribution is -0.129. The maximum Gasteiger partial charge on any atom is 0.233 e. The first-order chi connectivity index (χ1) is 15.4. The Hall–Kier alpha value is -2.86. The molecule has 2 heterocycles. The number of carbonyl (C=O) groups is 1. The SMILES string of the molecule is C=CCn1c(SCC(=O)N2CCc3ccccc3C2)nnc1-c1ccc(C(C)(C)C)cc1. The van der Waals surface area contributed by atoms with Crippen LogP contribution in [-0.4, -0.2) is 37.9 Å². The molecule has 1 aromatic heterocycles. The van der Waals surface area contributed by atoms with E-state index in [1.54, 1.807) is 0 Å². The van der Waals surface area contributed by atoms with E-state index in [1.807, 2.05) is 21.6 Å². The summed E-state index contributed by atoms with van der Waals surface area (Å²) in [6.07, 6.45) is 2.75. The molecule has 0 spiro atoms. The molecule has 0 aliphatic carbocycles. The molecule has 166 valence electrons. The first kappa shape index (κ1) is 22.3. The first-order valence-electron chi connectivity index (χ1n) is 11.0. The standard InChI is InChI=1S/C26H30N4OS/c1-5-15-30-24(20-10-12-22(13-11-20)26(2,3)4)27-28-25(30)32-18-23(31)29-16-14-19-8-6-7-9-21(19)17-29/h5-13H,1,14-18H2,2-4H3. The van der Waals surface area contributed by atoms with Crippen molar-refractivity contribution in [3.8, 4) is 11.4 Å². The van der Waals surface area contributed by atoms with Crippen LogP contribution >= 0.6 is 11.8 Å². The Kier molecular flexibility index (Phi) is 6.51. The van der Waals surface area contributed by atoms with Gasteiger partial charge in [-0.2, -0.15) is 0 Å². The van der Waals surface area contributed by atoms with Crippen molar-refractivity contribution < 1.29 is 4.79 Å². The maximum atomic E-state index is 12.9. The van der Waals surface area contributed by atoms with Crippen molar-refractivity contribution in [2.75, 3.05) is 12.3 Å². The normalized spacial score (nSPS) is 13.7. The largest absolute Gasteiger partial charge is 0.337 e. The third-order valence-electron chi connectivity index (χ3n) is 5.85. The van der Waals surface area contributed by atoms with Gasteiger partial charge in [0.15, 0.2) is 11.0 Å². The number of amides is 1. The molecule has 4 rings (SSSR count). The first-order valence-corrected chi connectivity index (χ1v) is 12.0. The molecule has 3 aromatic rings. The van der Waals surface area contributed by atoms with Crippen LogP contribution in [0.2, 0.25) is 0 Å². The molecule has 1 aliphatic heterocycles. The zero-order valence-electron chi connectivity index (χ0n) is 19.0. The number of rotatable bonds is 6. The molecule has 0 bridgehead atoms. The van der Waals surface area contributed by atoms with Gasteiger partial charge >= 0.3 is 0 Å². The van der Waals surface area contributed by atoms with Gasteiger partial charge in [0.1, 0.15) is 0 Å². The zero-order chi connectivity index (χ0) is 22.7. The highest BCUT2D eigenvalue weighted by atomic mass is 32.2. The molecule has 2 aromatic carbocycles. The fraction of sp³-hybridized carbons (Fsp3) is 0.346. The summed E-state index contributed by atoms with van der Waals surface area (Å²) >= 11 is 1.44. The van der Waals surface area contributed by atoms with Gasteiger partial charge in [0.2, 0.25) is 5.91 Å². The molecule has 0 unspecified atom stereocenters. The van der Waals surface area contributed by atoms with Crippen LogP contribution in [-0.2, 0) is 29.7 Å². The minimum Gasteiger partial charge on any atom is -0.337 e. The fourth-order valence-electron chi connectivity index (χ4n) is 3.95. The van der Waals surface area contributed by atoms with Gasteiger partial charge in [-0.05, 0) is 28.5 Å². The lowest BCUT2D eigenvalue weighted by atomic mass is 9.87. The Morgan fingerprint density at radius 3 is 2.50 bits per heavy atom. The molecular weight excluding hydrogens is 416 g/mol. The summed E-state index contributed by atoms with van der Waals surface area (Å²) in [4.78, 5) is 14.8. The number of fused-ring (bicyclic) bond motifs is 1. The monoisotopic (exact) mass is 446 g/mol. The minimum atomic E-state index is 0.101. The highest BCUT2D eigenvalue weighted by Gasteiger charge is 2.22. The van der Waals surface area contributed by atoms with Crippen molar-refractivity contribution in [3.05, 3.63) is 77.9 Å². The van der Waals surface area contributed by atoms with E-state index in [-0.39, 0.29) is 11.3 Å². The molecule has 0 atom stereocenters. The predicted octanol–water partition coefficient (Wildman–Crippen LogP) is 5.11. The quantitative estimate of drug-likeness (QED) is 0.390. The van der Waals surface area contributed by atoms with Gasteiger partial charge in [-0.15, -0.1) is 16.8 Å². The van der Waals surface area contributed by atoms with E-state index in [4.69, 9.17) is 0 Å². The van der Waals surface area contributed by atoms with Gasteiger partial charge in [-0.25, -0.2) is 0 Å². The Balaban J connectivity index is 1.47. The second-order valence-corrected chi connectivity index (χ2v) is 10.1. The predicted molar refractivity (Wildman–Crippen MR) is 131 cm³/mol. The molecule has 0 saturated carbocycles. The number of aromatic nitrogens is 3. The average Bonchev–Trinajstić information content (AvgIpc) is 3.19. The molecule has 32 heavy (non-hydrogen) atoms. The van der Waals surface area contributed by atoms with Crippen LogP contribution in [0.1, 0.15) is 37.5 Å². The summed E-state index contributed by atoms with van der Waals surface area (Å²) < 4.78 is 2.03. The Morgan fingerprint density at radius 1 is 1.09 bits per heavy atom. The van der Waals surface area contributed by atoms with Crippen molar-refractivity contribution in [2.45, 2.75) is 50.9 Å². The average molecular weight is 447 g/mol. The summed E-state index contributed by atoms with van der Waals surface area (Å²) in [5.41, 5.74) is 4.98. The molecular formula is C26H30N4OS. The fourth-order valence-corrected chi connectivity index (χ4v) is 4.80. The number of hydrogen-bond acceptors (Lipinski definition) is 4. The Morgan fingerprint density at radius 2 is 1.81 bits per heavy atom. The summed E-state index contributed by atoms with van der Waals surface area (Å²) in [6, 6.07) is 16.8. The highest BCUT2D eigenvalue weighted by molar-refractivity contribution is 7.99. The van der Waals surface area contributed by atoms with Crippen LogP contribution in [0, 0.1) is 0 Å². The number of benzene rings is 2. The number of nitrogens with zero attached hydrogens (tertiary/aromatic N) is 4. The van der Waals surface area contributed by atoms with E-state index >= 15 is 0 Å². The van der Waals surface area contributed by atoms with E-state index in [0.29, 0.717) is 18.8 Å². The second-order valence-electron chi connectivity index (χ2n) is 9.16. The Bertz CT molecular complexity index is 1110. The van der Waals surface area contributed by atoms with Crippen molar-refractivity contribution >= 4 is 17.7 Å². The van der Waals surface area contributed by atoms with Crippen LogP contribution in [0.3, 0.4) is 0 Å².